The number of pyridine rings is 1. The molecule has 0 fully saturated rings. The van der Waals surface area contributed by atoms with Crippen molar-refractivity contribution in [2.24, 2.45) is 4.99 Å². The van der Waals surface area contributed by atoms with Crippen LogP contribution in [0.1, 0.15) is 27.2 Å². The van der Waals surface area contributed by atoms with E-state index in [9.17, 15) is 14.3 Å². The number of nitrogens with zero attached hydrogens (tertiary/aromatic N) is 2. The summed E-state index contributed by atoms with van der Waals surface area (Å²) in [4.78, 5) is 21.7. The van der Waals surface area contributed by atoms with Crippen LogP contribution in [0.2, 0.25) is 5.02 Å². The van der Waals surface area contributed by atoms with E-state index in [-0.39, 0.29) is 17.7 Å². The van der Waals surface area contributed by atoms with Crippen molar-refractivity contribution in [3.8, 4) is 0 Å². The van der Waals surface area contributed by atoms with Gasteiger partial charge < -0.3 is 10.4 Å². The van der Waals surface area contributed by atoms with Crippen molar-refractivity contribution in [1.29, 1.82) is 0 Å². The van der Waals surface area contributed by atoms with Gasteiger partial charge in [0.2, 0.25) is 0 Å². The molecule has 2 aromatic carbocycles. The second-order valence-corrected chi connectivity index (χ2v) is 7.85. The maximum Gasteiger partial charge on any atom is 0.252 e. The van der Waals surface area contributed by atoms with Crippen LogP contribution < -0.4 is 5.32 Å². The van der Waals surface area contributed by atoms with Crippen molar-refractivity contribution in [3.63, 3.8) is 0 Å². The summed E-state index contributed by atoms with van der Waals surface area (Å²) in [6.07, 6.45) is 3.80. The van der Waals surface area contributed by atoms with Gasteiger partial charge in [0.1, 0.15) is 5.82 Å². The average Bonchev–Trinajstić information content (AvgIpc) is 3.29. The second kappa shape index (κ2) is 9.85. The van der Waals surface area contributed by atoms with Crippen molar-refractivity contribution >= 4 is 28.8 Å². The Kier molecular flexibility index (Phi) is 6.73. The number of hydrogen-bond acceptors (Lipinski definition) is 4. The fourth-order valence-corrected chi connectivity index (χ4v) is 3.71. The standard InChI is InChI=1S/C25H21ClFN3O2/c26-18-9-7-16(8-10-18)17-12-23(29-14-17)24-21(5-3-6-22(24)27)25(32)30-20(15-31)13-19-4-1-2-11-28-19/h1-12,20,31H,13-15H2,(H,30,32)/t20-/m1/s1. The summed E-state index contributed by atoms with van der Waals surface area (Å²) in [5, 5.41) is 13.2. The van der Waals surface area contributed by atoms with E-state index in [4.69, 9.17) is 11.6 Å². The summed E-state index contributed by atoms with van der Waals surface area (Å²) in [6.45, 7) is 0.111. The van der Waals surface area contributed by atoms with Crippen LogP contribution in [0, 0.1) is 5.82 Å². The van der Waals surface area contributed by atoms with Crippen LogP contribution in [0.5, 0.6) is 0 Å². The van der Waals surface area contributed by atoms with Crippen molar-refractivity contribution in [2.75, 3.05) is 13.2 Å². The van der Waals surface area contributed by atoms with Crippen LogP contribution >= 0.6 is 11.6 Å². The van der Waals surface area contributed by atoms with Crippen molar-refractivity contribution < 1.29 is 14.3 Å². The van der Waals surface area contributed by atoms with E-state index in [2.05, 4.69) is 15.3 Å². The number of hydrogen-bond donors (Lipinski definition) is 2. The number of carbonyl (C=O) groups excluding carboxylic acids is 1. The third-order valence-electron chi connectivity index (χ3n) is 5.20. The zero-order valence-electron chi connectivity index (χ0n) is 17.1. The first-order valence-electron chi connectivity index (χ1n) is 10.2. The lowest BCUT2D eigenvalue weighted by Gasteiger charge is -2.17. The van der Waals surface area contributed by atoms with E-state index in [1.165, 1.54) is 12.1 Å². The first kappa shape index (κ1) is 21.9. The van der Waals surface area contributed by atoms with E-state index in [1.54, 1.807) is 36.5 Å². The van der Waals surface area contributed by atoms with Gasteiger partial charge in [0.25, 0.3) is 5.91 Å². The third kappa shape index (κ3) is 4.93. The molecule has 32 heavy (non-hydrogen) atoms. The Labute approximate surface area is 190 Å². The highest BCUT2D eigenvalue weighted by molar-refractivity contribution is 6.30. The molecule has 1 aliphatic rings. The van der Waals surface area contributed by atoms with Crippen LogP contribution in [-0.2, 0) is 6.42 Å². The van der Waals surface area contributed by atoms with Crippen molar-refractivity contribution in [1.82, 2.24) is 10.3 Å². The number of amides is 1. The lowest BCUT2D eigenvalue weighted by molar-refractivity contribution is 0.0915. The number of halogens is 2. The minimum absolute atomic E-state index is 0.142. The fourth-order valence-electron chi connectivity index (χ4n) is 3.59. The molecule has 0 spiro atoms. The lowest BCUT2D eigenvalue weighted by Crippen LogP contribution is -2.40. The first-order chi connectivity index (χ1) is 15.5. The summed E-state index contributed by atoms with van der Waals surface area (Å²) in [7, 11) is 0. The number of benzene rings is 2. The monoisotopic (exact) mass is 449 g/mol. The van der Waals surface area contributed by atoms with Crippen LogP contribution in [0.3, 0.4) is 0 Å². The highest BCUT2D eigenvalue weighted by Crippen LogP contribution is 2.26. The first-order valence-corrected chi connectivity index (χ1v) is 10.5. The molecule has 0 saturated heterocycles. The normalized spacial score (nSPS) is 14.0. The van der Waals surface area contributed by atoms with Crippen LogP contribution in [-0.4, -0.2) is 40.9 Å². The van der Waals surface area contributed by atoms with Gasteiger partial charge in [0.15, 0.2) is 0 Å². The van der Waals surface area contributed by atoms with Gasteiger partial charge in [0, 0.05) is 28.9 Å². The Morgan fingerprint density at radius 3 is 2.66 bits per heavy atom. The van der Waals surface area contributed by atoms with E-state index in [0.29, 0.717) is 23.7 Å². The summed E-state index contributed by atoms with van der Waals surface area (Å²) in [6, 6.07) is 16.6. The van der Waals surface area contributed by atoms with Gasteiger partial charge >= 0.3 is 0 Å². The molecule has 7 heteroatoms. The highest BCUT2D eigenvalue weighted by Gasteiger charge is 2.23. The van der Waals surface area contributed by atoms with Gasteiger partial charge in [-0.3, -0.25) is 14.8 Å². The topological polar surface area (TPSA) is 74.6 Å². The molecule has 1 amide bonds. The predicted octanol–water partition coefficient (Wildman–Crippen LogP) is 4.09. The number of carbonyl (C=O) groups is 1. The quantitative estimate of drug-likeness (QED) is 0.570. The molecule has 2 N–H and O–H groups in total. The minimum atomic E-state index is -0.556. The Morgan fingerprint density at radius 1 is 1.12 bits per heavy atom. The maximum atomic E-state index is 14.8. The van der Waals surface area contributed by atoms with Crippen LogP contribution in [0.25, 0.3) is 5.57 Å². The molecule has 0 saturated carbocycles. The maximum absolute atomic E-state index is 14.8. The molecule has 0 bridgehead atoms. The van der Waals surface area contributed by atoms with Crippen LogP contribution in [0.4, 0.5) is 4.39 Å². The van der Waals surface area contributed by atoms with Gasteiger partial charge in [-0.05, 0) is 53.6 Å². The smallest absolute Gasteiger partial charge is 0.252 e. The van der Waals surface area contributed by atoms with E-state index >= 15 is 0 Å². The molecular weight excluding hydrogens is 429 g/mol. The fraction of sp³-hybridized carbons (Fsp3) is 0.160. The van der Waals surface area contributed by atoms with Gasteiger partial charge in [-0.2, -0.15) is 0 Å². The number of aliphatic hydroxyl groups excluding tert-OH is 1. The molecule has 0 aliphatic carbocycles. The number of allylic oxidation sites excluding steroid dienone is 1. The molecule has 2 heterocycles. The van der Waals surface area contributed by atoms with Crippen molar-refractivity contribution in [2.45, 2.75) is 12.5 Å². The Bertz CT molecular complexity index is 1180. The largest absolute Gasteiger partial charge is 0.394 e. The Morgan fingerprint density at radius 2 is 1.94 bits per heavy atom. The Hall–Kier alpha value is -3.35. The predicted molar refractivity (Wildman–Crippen MR) is 124 cm³/mol. The molecule has 5 nitrogen and oxygen atoms in total. The van der Waals surface area contributed by atoms with Crippen LogP contribution in [0.15, 0.2) is 77.9 Å². The molecule has 0 radical (unpaired) electrons. The van der Waals surface area contributed by atoms with Gasteiger partial charge in [-0.15, -0.1) is 0 Å². The summed E-state index contributed by atoms with van der Waals surface area (Å²) in [5.41, 5.74) is 3.30. The number of aliphatic imine (C=N–C) groups is 1. The minimum Gasteiger partial charge on any atom is -0.394 e. The molecule has 162 valence electrons. The molecule has 1 aliphatic heterocycles. The lowest BCUT2D eigenvalue weighted by atomic mass is 9.99. The molecule has 3 aromatic rings. The van der Waals surface area contributed by atoms with Gasteiger partial charge in [0.05, 0.1) is 30.5 Å². The summed E-state index contributed by atoms with van der Waals surface area (Å²) < 4.78 is 14.8. The van der Waals surface area contributed by atoms with Gasteiger partial charge in [-0.1, -0.05) is 35.9 Å². The third-order valence-corrected chi connectivity index (χ3v) is 5.45. The molecule has 1 aromatic heterocycles. The Balaban J connectivity index is 1.58. The zero-order chi connectivity index (χ0) is 22.5. The number of rotatable bonds is 7. The molecule has 4 rings (SSSR count). The van der Waals surface area contributed by atoms with Crippen molar-refractivity contribution in [3.05, 3.63) is 106 Å². The molecule has 0 unspecified atom stereocenters. The van der Waals surface area contributed by atoms with E-state index < -0.39 is 17.8 Å². The van der Waals surface area contributed by atoms with E-state index in [0.717, 1.165) is 16.8 Å². The second-order valence-electron chi connectivity index (χ2n) is 7.42. The number of aromatic nitrogens is 1. The molecule has 1 atom stereocenters. The van der Waals surface area contributed by atoms with Gasteiger partial charge in [-0.25, -0.2) is 4.39 Å². The molecular formula is C25H21ClFN3O2. The highest BCUT2D eigenvalue weighted by atomic mass is 35.5. The zero-order valence-corrected chi connectivity index (χ0v) is 17.9. The average molecular weight is 450 g/mol. The van der Waals surface area contributed by atoms with E-state index in [1.807, 2.05) is 24.3 Å². The summed E-state index contributed by atoms with van der Waals surface area (Å²) in [5.74, 6) is -1.01. The number of aliphatic hydroxyl groups is 1. The SMILES string of the molecule is O=C(N[C@@H](CO)Cc1ccccn1)c1cccc(F)c1C1=NCC(c2ccc(Cl)cc2)=C1. The summed E-state index contributed by atoms with van der Waals surface area (Å²) >= 11 is 5.96. The number of nitrogens with one attached hydrogen (secondary N) is 1.